The number of carboxylic acid groups (broad SMARTS) is 1. The summed E-state index contributed by atoms with van der Waals surface area (Å²) in [5.74, 6) is -1.96. The van der Waals surface area contributed by atoms with Gasteiger partial charge in [-0.05, 0) is 18.1 Å². The lowest BCUT2D eigenvalue weighted by atomic mass is 10.0. The van der Waals surface area contributed by atoms with E-state index in [4.69, 9.17) is 5.26 Å². The summed E-state index contributed by atoms with van der Waals surface area (Å²) in [5.41, 5.74) is 0.824. The number of para-hydroxylation sites is 1. The van der Waals surface area contributed by atoms with Gasteiger partial charge in [-0.25, -0.2) is 8.42 Å². The number of carboxylic acids is 1. The van der Waals surface area contributed by atoms with E-state index in [9.17, 15) is 18.3 Å². The van der Waals surface area contributed by atoms with E-state index in [2.05, 4.69) is 0 Å². The minimum Gasteiger partial charge on any atom is -0.481 e. The number of carbonyl (C=O) groups is 1. The van der Waals surface area contributed by atoms with Crippen LogP contribution in [0.5, 0.6) is 0 Å². The molecule has 106 valence electrons. The van der Waals surface area contributed by atoms with Crippen LogP contribution in [0.2, 0.25) is 0 Å². The molecule has 0 bridgehead atoms. The second-order valence-corrected chi connectivity index (χ2v) is 6.59. The first-order valence-electron chi connectivity index (χ1n) is 6.16. The maximum absolute atomic E-state index is 12.4. The predicted octanol–water partition coefficient (Wildman–Crippen LogP) is 1.31. The van der Waals surface area contributed by atoms with Crippen molar-refractivity contribution in [2.75, 3.05) is 10.8 Å². The molecular weight excluding hydrogens is 280 g/mol. The first-order valence-corrected chi connectivity index (χ1v) is 7.66. The van der Waals surface area contributed by atoms with Crippen molar-refractivity contribution in [3.8, 4) is 6.07 Å². The van der Waals surface area contributed by atoms with E-state index in [0.717, 1.165) is 4.31 Å². The van der Waals surface area contributed by atoms with Gasteiger partial charge in [0.1, 0.15) is 5.92 Å². The van der Waals surface area contributed by atoms with E-state index in [0.29, 0.717) is 11.3 Å². The van der Waals surface area contributed by atoms with E-state index in [1.165, 1.54) is 0 Å². The third kappa shape index (κ3) is 2.12. The molecule has 1 N–H and O–H groups in total. The van der Waals surface area contributed by atoms with Gasteiger partial charge < -0.3 is 5.11 Å². The molecule has 0 saturated heterocycles. The zero-order valence-electron chi connectivity index (χ0n) is 10.9. The van der Waals surface area contributed by atoms with Crippen molar-refractivity contribution in [3.05, 3.63) is 29.8 Å². The van der Waals surface area contributed by atoms with Crippen molar-refractivity contribution in [2.24, 2.45) is 0 Å². The van der Waals surface area contributed by atoms with Gasteiger partial charge in [-0.15, -0.1) is 0 Å². The highest BCUT2D eigenvalue weighted by Crippen LogP contribution is 2.39. The molecule has 1 aliphatic rings. The third-order valence-electron chi connectivity index (χ3n) is 3.41. The van der Waals surface area contributed by atoms with Crippen molar-refractivity contribution >= 4 is 21.7 Å². The number of rotatable bonds is 4. The lowest BCUT2D eigenvalue weighted by molar-refractivity contribution is -0.138. The Kier molecular flexibility index (Phi) is 3.68. The van der Waals surface area contributed by atoms with Crippen LogP contribution in [0.3, 0.4) is 0 Å². The molecular formula is C13H14N2O4S. The topological polar surface area (TPSA) is 98.5 Å². The Morgan fingerprint density at radius 1 is 1.55 bits per heavy atom. The van der Waals surface area contributed by atoms with Gasteiger partial charge in [0.2, 0.25) is 0 Å². The summed E-state index contributed by atoms with van der Waals surface area (Å²) in [6, 6.07) is 8.27. The van der Waals surface area contributed by atoms with Gasteiger partial charge in [0, 0.05) is 0 Å². The molecule has 1 aromatic carbocycles. The van der Waals surface area contributed by atoms with Gasteiger partial charge in [0.05, 0.1) is 18.3 Å². The molecule has 1 aromatic rings. The molecule has 2 unspecified atom stereocenters. The number of aliphatic carboxylic acids is 1. The van der Waals surface area contributed by atoms with Crippen molar-refractivity contribution in [1.82, 2.24) is 0 Å². The number of sulfonamides is 1. The zero-order chi connectivity index (χ0) is 14.9. The third-order valence-corrected chi connectivity index (χ3v) is 5.53. The number of anilines is 1. The van der Waals surface area contributed by atoms with Gasteiger partial charge in [-0.3, -0.25) is 9.10 Å². The van der Waals surface area contributed by atoms with Gasteiger partial charge in [-0.2, -0.15) is 5.26 Å². The lowest BCUT2D eigenvalue weighted by Gasteiger charge is -2.22. The summed E-state index contributed by atoms with van der Waals surface area (Å²) in [6.45, 7) is 1.46. The van der Waals surface area contributed by atoms with E-state index >= 15 is 0 Å². The lowest BCUT2D eigenvalue weighted by Crippen LogP contribution is -2.38. The summed E-state index contributed by atoms with van der Waals surface area (Å²) in [5, 5.41) is 17.0. The Morgan fingerprint density at radius 3 is 2.75 bits per heavy atom. The van der Waals surface area contributed by atoms with Gasteiger partial charge in [0.15, 0.2) is 5.25 Å². The molecule has 0 spiro atoms. The maximum atomic E-state index is 12.4. The van der Waals surface area contributed by atoms with Crippen LogP contribution in [0.25, 0.3) is 0 Å². The van der Waals surface area contributed by atoms with Crippen LogP contribution in [0.1, 0.15) is 24.8 Å². The zero-order valence-corrected chi connectivity index (χ0v) is 11.7. The summed E-state index contributed by atoms with van der Waals surface area (Å²) in [4.78, 5) is 11.3. The second kappa shape index (κ2) is 5.13. The normalized spacial score (nSPS) is 19.2. The summed E-state index contributed by atoms with van der Waals surface area (Å²) in [7, 11) is -3.87. The van der Waals surface area contributed by atoms with Crippen LogP contribution < -0.4 is 4.31 Å². The number of fused-ring (bicyclic) bond motifs is 1. The summed E-state index contributed by atoms with van der Waals surface area (Å²) < 4.78 is 25.9. The first kappa shape index (κ1) is 14.3. The Morgan fingerprint density at radius 2 is 2.20 bits per heavy atom. The van der Waals surface area contributed by atoms with E-state index in [-0.39, 0.29) is 13.0 Å². The Hall–Kier alpha value is -2.07. The van der Waals surface area contributed by atoms with E-state index in [1.54, 1.807) is 37.3 Å². The molecule has 0 aliphatic carbocycles. The Balaban J connectivity index is 2.52. The van der Waals surface area contributed by atoms with Crippen molar-refractivity contribution in [3.63, 3.8) is 0 Å². The Bertz CT molecular complexity index is 678. The SMILES string of the molecule is CCC(C#N)S(=O)(=O)N1CC(C(=O)O)c2ccccc21. The molecule has 2 rings (SSSR count). The number of benzene rings is 1. The van der Waals surface area contributed by atoms with Gasteiger partial charge in [0.25, 0.3) is 10.0 Å². The molecule has 0 aromatic heterocycles. The molecule has 6 nitrogen and oxygen atoms in total. The fraction of sp³-hybridized carbons (Fsp3) is 0.385. The largest absolute Gasteiger partial charge is 0.481 e. The average molecular weight is 294 g/mol. The van der Waals surface area contributed by atoms with E-state index in [1.807, 2.05) is 0 Å². The van der Waals surface area contributed by atoms with E-state index < -0.39 is 27.2 Å². The van der Waals surface area contributed by atoms with Gasteiger partial charge in [-0.1, -0.05) is 25.1 Å². The van der Waals surface area contributed by atoms with Crippen LogP contribution in [0, 0.1) is 11.3 Å². The number of nitrogens with zero attached hydrogens (tertiary/aromatic N) is 2. The molecule has 2 atom stereocenters. The number of hydrogen-bond donors (Lipinski definition) is 1. The maximum Gasteiger partial charge on any atom is 0.312 e. The van der Waals surface area contributed by atoms with Crippen LogP contribution in [0.15, 0.2) is 24.3 Å². The molecule has 0 fully saturated rings. The van der Waals surface area contributed by atoms with Crippen LogP contribution in [-0.4, -0.2) is 31.3 Å². The molecule has 0 amide bonds. The molecule has 0 radical (unpaired) electrons. The quantitative estimate of drug-likeness (QED) is 0.902. The summed E-state index contributed by atoms with van der Waals surface area (Å²) in [6.07, 6.45) is 0.162. The summed E-state index contributed by atoms with van der Waals surface area (Å²) >= 11 is 0. The standard InChI is InChI=1S/C13H14N2O4S/c1-2-9(7-14)20(18,19)15-8-11(13(16)17)10-5-3-4-6-12(10)15/h3-6,9,11H,2,8H2,1H3,(H,16,17). The molecule has 20 heavy (non-hydrogen) atoms. The van der Waals surface area contributed by atoms with Gasteiger partial charge >= 0.3 is 5.97 Å². The average Bonchev–Trinajstić information content (AvgIpc) is 2.80. The Labute approximate surface area is 117 Å². The highest BCUT2D eigenvalue weighted by atomic mass is 32.2. The molecule has 7 heteroatoms. The smallest absolute Gasteiger partial charge is 0.312 e. The number of hydrogen-bond acceptors (Lipinski definition) is 4. The van der Waals surface area contributed by atoms with Crippen molar-refractivity contribution in [1.29, 1.82) is 5.26 Å². The molecule has 1 aliphatic heterocycles. The first-order chi connectivity index (χ1) is 9.43. The van der Waals surface area contributed by atoms with Crippen molar-refractivity contribution in [2.45, 2.75) is 24.5 Å². The minimum atomic E-state index is -3.87. The number of nitriles is 1. The van der Waals surface area contributed by atoms with Crippen LogP contribution in [0.4, 0.5) is 5.69 Å². The second-order valence-electron chi connectivity index (χ2n) is 4.55. The highest BCUT2D eigenvalue weighted by Gasteiger charge is 2.41. The van der Waals surface area contributed by atoms with Crippen molar-refractivity contribution < 1.29 is 18.3 Å². The predicted molar refractivity (Wildman–Crippen MR) is 72.8 cm³/mol. The highest BCUT2D eigenvalue weighted by molar-refractivity contribution is 7.93. The minimum absolute atomic E-state index is 0.158. The van der Waals surface area contributed by atoms with Crippen LogP contribution >= 0.6 is 0 Å². The monoisotopic (exact) mass is 294 g/mol. The fourth-order valence-electron chi connectivity index (χ4n) is 2.35. The molecule has 0 saturated carbocycles. The molecule has 1 heterocycles. The van der Waals surface area contributed by atoms with Crippen LogP contribution in [-0.2, 0) is 14.8 Å². The fourth-order valence-corrected chi connectivity index (χ4v) is 4.00.